The number of unbranched alkanes of at least 4 members (excludes halogenated alkanes) is 1. The Labute approximate surface area is 97.2 Å². The van der Waals surface area contributed by atoms with Crippen LogP contribution in [-0.2, 0) is 0 Å². The van der Waals surface area contributed by atoms with Crippen molar-refractivity contribution in [3.63, 3.8) is 0 Å². The van der Waals surface area contributed by atoms with E-state index in [1.807, 2.05) is 6.92 Å². The van der Waals surface area contributed by atoms with Crippen molar-refractivity contribution >= 4 is 0 Å². The second-order valence-electron chi connectivity index (χ2n) is 5.15. The lowest BCUT2D eigenvalue weighted by Gasteiger charge is -2.22. The fourth-order valence-corrected chi connectivity index (χ4v) is 1.94. The third-order valence-corrected chi connectivity index (χ3v) is 3.59. The van der Waals surface area contributed by atoms with E-state index in [1.165, 1.54) is 32.1 Å². The minimum Gasteiger partial charge on any atom is -0.504 e. The van der Waals surface area contributed by atoms with Crippen molar-refractivity contribution < 1.29 is 0 Å². The molecule has 0 nitrogen and oxygen atoms in total. The molecule has 0 aromatic heterocycles. The Bertz CT molecular complexity index is 155. The van der Waals surface area contributed by atoms with Gasteiger partial charge in [-0.2, -0.15) is 6.92 Å². The van der Waals surface area contributed by atoms with E-state index in [4.69, 9.17) is 0 Å². The molecule has 2 atom stereocenters. The SMILES string of the molecule is C[C-]=CCCCC(CC)CC(C)C(C)C. The average Bonchev–Trinajstić information content (AvgIpc) is 2.22. The zero-order valence-corrected chi connectivity index (χ0v) is 11.3. The molecule has 0 fully saturated rings. The molecule has 90 valence electrons. The van der Waals surface area contributed by atoms with Crippen molar-refractivity contribution in [3.05, 3.63) is 12.2 Å². The Hall–Kier alpha value is -0.260. The molecule has 0 spiro atoms. The summed E-state index contributed by atoms with van der Waals surface area (Å²) < 4.78 is 0. The quantitative estimate of drug-likeness (QED) is 0.378. The second-order valence-corrected chi connectivity index (χ2v) is 5.15. The fraction of sp³-hybridized carbons (Fsp3) is 0.867. The zero-order chi connectivity index (χ0) is 11.7. The first kappa shape index (κ1) is 14.7. The Balaban J connectivity index is 3.72. The zero-order valence-electron chi connectivity index (χ0n) is 11.3. The van der Waals surface area contributed by atoms with Crippen LogP contribution in [0.15, 0.2) is 6.08 Å². The molecule has 0 amide bonds. The van der Waals surface area contributed by atoms with Crippen molar-refractivity contribution in [2.45, 2.75) is 66.7 Å². The minimum absolute atomic E-state index is 0.836. The van der Waals surface area contributed by atoms with Gasteiger partial charge in [-0.3, -0.25) is 6.08 Å². The first-order valence-corrected chi connectivity index (χ1v) is 6.60. The molecule has 15 heavy (non-hydrogen) atoms. The Kier molecular flexibility index (Phi) is 8.85. The molecule has 0 radical (unpaired) electrons. The van der Waals surface area contributed by atoms with E-state index in [0.717, 1.165) is 17.8 Å². The summed E-state index contributed by atoms with van der Waals surface area (Å²) in [4.78, 5) is 0. The largest absolute Gasteiger partial charge is 0.504 e. The van der Waals surface area contributed by atoms with Crippen LogP contribution in [-0.4, -0.2) is 0 Å². The first-order chi connectivity index (χ1) is 7.11. The monoisotopic (exact) mass is 209 g/mol. The van der Waals surface area contributed by atoms with E-state index in [0.29, 0.717) is 0 Å². The summed E-state index contributed by atoms with van der Waals surface area (Å²) in [5, 5.41) is 0. The molecule has 0 heterocycles. The first-order valence-electron chi connectivity index (χ1n) is 6.60. The van der Waals surface area contributed by atoms with Crippen LogP contribution >= 0.6 is 0 Å². The van der Waals surface area contributed by atoms with Gasteiger partial charge in [0.15, 0.2) is 0 Å². The van der Waals surface area contributed by atoms with Crippen molar-refractivity contribution in [3.8, 4) is 0 Å². The molecule has 0 aromatic rings. The molecule has 0 aliphatic rings. The summed E-state index contributed by atoms with van der Waals surface area (Å²) in [6, 6.07) is 0. The lowest BCUT2D eigenvalue weighted by molar-refractivity contribution is 0.297. The Morgan fingerprint density at radius 2 is 1.87 bits per heavy atom. The van der Waals surface area contributed by atoms with E-state index in [-0.39, 0.29) is 0 Å². The third kappa shape index (κ3) is 7.64. The van der Waals surface area contributed by atoms with Crippen molar-refractivity contribution in [2.24, 2.45) is 17.8 Å². The molecule has 0 N–H and O–H groups in total. The van der Waals surface area contributed by atoms with E-state index in [2.05, 4.69) is 39.8 Å². The van der Waals surface area contributed by atoms with E-state index in [9.17, 15) is 0 Å². The van der Waals surface area contributed by atoms with Crippen molar-refractivity contribution in [1.82, 2.24) is 0 Å². The van der Waals surface area contributed by atoms with Gasteiger partial charge in [0, 0.05) is 0 Å². The van der Waals surface area contributed by atoms with Crippen molar-refractivity contribution in [1.29, 1.82) is 0 Å². The van der Waals surface area contributed by atoms with Crippen LogP contribution in [0.5, 0.6) is 0 Å². The van der Waals surface area contributed by atoms with Gasteiger partial charge in [0.1, 0.15) is 0 Å². The second kappa shape index (κ2) is 9.00. The number of rotatable bonds is 8. The van der Waals surface area contributed by atoms with Gasteiger partial charge in [0.2, 0.25) is 0 Å². The fourth-order valence-electron chi connectivity index (χ4n) is 1.94. The van der Waals surface area contributed by atoms with Gasteiger partial charge < -0.3 is 6.08 Å². The molecule has 0 aromatic carbocycles. The highest BCUT2D eigenvalue weighted by Crippen LogP contribution is 2.25. The van der Waals surface area contributed by atoms with E-state index in [1.54, 1.807) is 0 Å². The molecule has 2 unspecified atom stereocenters. The third-order valence-electron chi connectivity index (χ3n) is 3.59. The summed E-state index contributed by atoms with van der Waals surface area (Å²) in [6.07, 6.45) is 12.0. The normalized spacial score (nSPS) is 16.1. The van der Waals surface area contributed by atoms with Crippen LogP contribution in [0.25, 0.3) is 0 Å². The summed E-state index contributed by atoms with van der Waals surface area (Å²) in [6.45, 7) is 11.4. The van der Waals surface area contributed by atoms with Gasteiger partial charge in [-0.05, 0) is 24.2 Å². The highest BCUT2D eigenvalue weighted by Gasteiger charge is 2.13. The van der Waals surface area contributed by atoms with Gasteiger partial charge in [0.05, 0.1) is 0 Å². The lowest BCUT2D eigenvalue weighted by atomic mass is 9.84. The van der Waals surface area contributed by atoms with Crippen molar-refractivity contribution in [2.75, 3.05) is 0 Å². The number of hydrogen-bond acceptors (Lipinski definition) is 0. The maximum absolute atomic E-state index is 3.09. The molecule has 0 heteroatoms. The summed E-state index contributed by atoms with van der Waals surface area (Å²) in [7, 11) is 0. The molecule has 0 saturated heterocycles. The lowest BCUT2D eigenvalue weighted by Crippen LogP contribution is -2.10. The van der Waals surface area contributed by atoms with Gasteiger partial charge in [-0.25, -0.2) is 0 Å². The minimum atomic E-state index is 0.836. The van der Waals surface area contributed by atoms with Crippen LogP contribution in [0, 0.1) is 23.8 Å². The molecule has 0 saturated carbocycles. The van der Waals surface area contributed by atoms with Gasteiger partial charge >= 0.3 is 0 Å². The molecule has 0 rings (SSSR count). The average molecular weight is 209 g/mol. The smallest absolute Gasteiger partial charge is 0.0414 e. The Morgan fingerprint density at radius 1 is 1.20 bits per heavy atom. The standard InChI is InChI=1S/C15H29/c1-6-8-9-10-11-15(7-2)12-14(5)13(3)4/h8,13-15H,7,9-12H2,1-5H3/q-1. The summed E-state index contributed by atoms with van der Waals surface area (Å²) in [5.41, 5.74) is 0. The highest BCUT2D eigenvalue weighted by molar-refractivity contribution is 4.71. The van der Waals surface area contributed by atoms with Gasteiger partial charge in [0.25, 0.3) is 0 Å². The Morgan fingerprint density at radius 3 is 2.33 bits per heavy atom. The summed E-state index contributed by atoms with van der Waals surface area (Å²) >= 11 is 0. The maximum atomic E-state index is 3.09. The van der Waals surface area contributed by atoms with Crippen LogP contribution < -0.4 is 0 Å². The molecule has 0 bridgehead atoms. The van der Waals surface area contributed by atoms with Gasteiger partial charge in [-0.15, -0.1) is 0 Å². The topological polar surface area (TPSA) is 0 Å². The van der Waals surface area contributed by atoms with E-state index < -0.39 is 0 Å². The van der Waals surface area contributed by atoms with Crippen LogP contribution in [0.3, 0.4) is 0 Å². The molecular formula is C15H29-. The predicted octanol–water partition coefficient (Wildman–Crippen LogP) is 5.24. The maximum Gasteiger partial charge on any atom is -0.0414 e. The highest BCUT2D eigenvalue weighted by atomic mass is 14.2. The predicted molar refractivity (Wildman–Crippen MR) is 69.7 cm³/mol. The molecular weight excluding hydrogens is 180 g/mol. The number of allylic oxidation sites excluding steroid dienone is 2. The van der Waals surface area contributed by atoms with Crippen LogP contribution in [0.1, 0.15) is 66.7 Å². The van der Waals surface area contributed by atoms with Gasteiger partial charge in [-0.1, -0.05) is 53.4 Å². The van der Waals surface area contributed by atoms with Crippen LogP contribution in [0.4, 0.5) is 0 Å². The van der Waals surface area contributed by atoms with Crippen LogP contribution in [0.2, 0.25) is 0 Å². The summed E-state index contributed by atoms with van der Waals surface area (Å²) in [5.74, 6) is 2.65. The van der Waals surface area contributed by atoms with E-state index >= 15 is 0 Å². The molecule has 0 aliphatic carbocycles. The number of hydrogen-bond donors (Lipinski definition) is 0. The molecule has 0 aliphatic heterocycles.